The molecule has 6 nitrogen and oxygen atoms in total. The van der Waals surface area contributed by atoms with E-state index in [-0.39, 0.29) is 11.8 Å². The van der Waals surface area contributed by atoms with E-state index >= 15 is 0 Å². The van der Waals surface area contributed by atoms with E-state index in [4.69, 9.17) is 9.47 Å². The van der Waals surface area contributed by atoms with E-state index in [0.717, 1.165) is 5.56 Å². The Hall–Kier alpha value is -3.02. The second-order valence-electron chi connectivity index (χ2n) is 5.45. The standard InChI is InChI=1S/C19H22N2O4/c1-13-5-4-6-14(11-13)18(22)20-9-10-21-19(23)15-7-8-16(24-2)17(12-15)25-3/h4-8,11-12H,9-10H2,1-3H3,(H,20,22)(H,21,23). The first-order valence-corrected chi connectivity index (χ1v) is 7.90. The smallest absolute Gasteiger partial charge is 0.251 e. The Kier molecular flexibility index (Phi) is 6.39. The molecule has 132 valence electrons. The minimum absolute atomic E-state index is 0.163. The molecule has 0 radical (unpaired) electrons. The predicted octanol–water partition coefficient (Wildman–Crippen LogP) is 2.17. The Morgan fingerprint density at radius 2 is 1.44 bits per heavy atom. The quantitative estimate of drug-likeness (QED) is 0.756. The van der Waals surface area contributed by atoms with Gasteiger partial charge in [-0.2, -0.15) is 0 Å². The molecule has 0 heterocycles. The van der Waals surface area contributed by atoms with Crippen molar-refractivity contribution in [2.75, 3.05) is 27.3 Å². The van der Waals surface area contributed by atoms with Gasteiger partial charge in [0.2, 0.25) is 0 Å². The normalized spacial score (nSPS) is 10.0. The van der Waals surface area contributed by atoms with Crippen LogP contribution in [0, 0.1) is 6.92 Å². The SMILES string of the molecule is COc1ccc(C(=O)NCCNC(=O)c2cccc(C)c2)cc1OC. The maximum Gasteiger partial charge on any atom is 0.251 e. The molecule has 0 saturated heterocycles. The molecule has 6 heteroatoms. The number of aryl methyl sites for hydroxylation is 1. The lowest BCUT2D eigenvalue weighted by Crippen LogP contribution is -2.34. The zero-order valence-electron chi connectivity index (χ0n) is 14.6. The summed E-state index contributed by atoms with van der Waals surface area (Å²) >= 11 is 0. The number of hydrogen-bond acceptors (Lipinski definition) is 4. The number of hydrogen-bond donors (Lipinski definition) is 2. The van der Waals surface area contributed by atoms with Crippen molar-refractivity contribution in [3.63, 3.8) is 0 Å². The Morgan fingerprint density at radius 3 is 2.00 bits per heavy atom. The van der Waals surface area contributed by atoms with E-state index in [2.05, 4.69) is 10.6 Å². The predicted molar refractivity (Wildman–Crippen MR) is 95.4 cm³/mol. The number of nitrogens with one attached hydrogen (secondary N) is 2. The number of amides is 2. The van der Waals surface area contributed by atoms with E-state index in [1.807, 2.05) is 25.1 Å². The summed E-state index contributed by atoms with van der Waals surface area (Å²) in [5, 5.41) is 5.53. The fourth-order valence-corrected chi connectivity index (χ4v) is 2.32. The summed E-state index contributed by atoms with van der Waals surface area (Å²) in [5.74, 6) is 0.641. The summed E-state index contributed by atoms with van der Waals surface area (Å²) in [4.78, 5) is 24.2. The van der Waals surface area contributed by atoms with Crippen LogP contribution in [0.25, 0.3) is 0 Å². The maximum atomic E-state index is 12.2. The lowest BCUT2D eigenvalue weighted by molar-refractivity contribution is 0.0927. The molecule has 0 unspecified atom stereocenters. The van der Waals surface area contributed by atoms with Crippen LogP contribution in [0.1, 0.15) is 26.3 Å². The van der Waals surface area contributed by atoms with Crippen molar-refractivity contribution in [3.8, 4) is 11.5 Å². The van der Waals surface area contributed by atoms with Gasteiger partial charge in [0.1, 0.15) is 0 Å². The van der Waals surface area contributed by atoms with Crippen molar-refractivity contribution in [3.05, 3.63) is 59.2 Å². The molecule has 0 aromatic heterocycles. The van der Waals surface area contributed by atoms with Gasteiger partial charge < -0.3 is 20.1 Å². The third-order valence-corrected chi connectivity index (χ3v) is 3.62. The van der Waals surface area contributed by atoms with Crippen molar-refractivity contribution >= 4 is 11.8 Å². The van der Waals surface area contributed by atoms with Gasteiger partial charge in [-0.3, -0.25) is 9.59 Å². The van der Waals surface area contributed by atoms with E-state index in [1.54, 1.807) is 24.3 Å². The van der Waals surface area contributed by atoms with Crippen LogP contribution in [-0.4, -0.2) is 39.1 Å². The molecule has 0 saturated carbocycles. The van der Waals surface area contributed by atoms with Crippen molar-refractivity contribution in [2.24, 2.45) is 0 Å². The molecule has 2 N–H and O–H groups in total. The van der Waals surface area contributed by atoms with Crippen LogP contribution in [0.5, 0.6) is 11.5 Å². The summed E-state index contributed by atoms with van der Waals surface area (Å²) in [5.41, 5.74) is 2.09. The first-order chi connectivity index (χ1) is 12.0. The minimum atomic E-state index is -0.245. The molecule has 2 aromatic rings. The van der Waals surface area contributed by atoms with Crippen LogP contribution >= 0.6 is 0 Å². The van der Waals surface area contributed by atoms with Crippen LogP contribution < -0.4 is 20.1 Å². The molecule has 2 aromatic carbocycles. The highest BCUT2D eigenvalue weighted by Crippen LogP contribution is 2.27. The molecular weight excluding hydrogens is 320 g/mol. The van der Waals surface area contributed by atoms with E-state index in [0.29, 0.717) is 35.7 Å². The van der Waals surface area contributed by atoms with Gasteiger partial charge in [-0.1, -0.05) is 17.7 Å². The Balaban J connectivity index is 1.83. The van der Waals surface area contributed by atoms with E-state index in [1.165, 1.54) is 14.2 Å². The number of benzene rings is 2. The summed E-state index contributed by atoms with van der Waals surface area (Å²) < 4.78 is 10.3. The van der Waals surface area contributed by atoms with Gasteiger partial charge in [0.05, 0.1) is 14.2 Å². The number of rotatable bonds is 7. The third-order valence-electron chi connectivity index (χ3n) is 3.62. The summed E-state index contributed by atoms with van der Waals surface area (Å²) in [7, 11) is 3.05. The molecule has 0 atom stereocenters. The zero-order valence-corrected chi connectivity index (χ0v) is 14.6. The average Bonchev–Trinajstić information content (AvgIpc) is 2.64. The number of ether oxygens (including phenoxy) is 2. The summed E-state index contributed by atoms with van der Waals surface area (Å²) in [6.07, 6.45) is 0. The molecule has 0 aliphatic heterocycles. The van der Waals surface area contributed by atoms with Gasteiger partial charge in [-0.05, 0) is 37.3 Å². The van der Waals surface area contributed by atoms with Crippen LogP contribution in [0.4, 0.5) is 0 Å². The van der Waals surface area contributed by atoms with Crippen molar-refractivity contribution in [2.45, 2.75) is 6.92 Å². The van der Waals surface area contributed by atoms with Gasteiger partial charge >= 0.3 is 0 Å². The molecular formula is C19H22N2O4. The van der Waals surface area contributed by atoms with Crippen LogP contribution in [-0.2, 0) is 0 Å². The number of carbonyl (C=O) groups excluding carboxylic acids is 2. The molecule has 0 spiro atoms. The first kappa shape index (κ1) is 18.3. The highest BCUT2D eigenvalue weighted by molar-refractivity contribution is 5.95. The zero-order chi connectivity index (χ0) is 18.2. The molecule has 0 bridgehead atoms. The fourth-order valence-electron chi connectivity index (χ4n) is 2.32. The highest BCUT2D eigenvalue weighted by atomic mass is 16.5. The van der Waals surface area contributed by atoms with Crippen LogP contribution in [0.15, 0.2) is 42.5 Å². The van der Waals surface area contributed by atoms with Gasteiger partial charge in [0.25, 0.3) is 11.8 Å². The lowest BCUT2D eigenvalue weighted by Gasteiger charge is -2.10. The molecule has 25 heavy (non-hydrogen) atoms. The summed E-state index contributed by atoms with van der Waals surface area (Å²) in [6.45, 7) is 2.59. The van der Waals surface area contributed by atoms with Gasteiger partial charge in [0.15, 0.2) is 11.5 Å². The van der Waals surface area contributed by atoms with Crippen molar-refractivity contribution in [1.29, 1.82) is 0 Å². The number of methoxy groups -OCH3 is 2. The van der Waals surface area contributed by atoms with Gasteiger partial charge in [-0.25, -0.2) is 0 Å². The van der Waals surface area contributed by atoms with Crippen molar-refractivity contribution in [1.82, 2.24) is 10.6 Å². The highest BCUT2D eigenvalue weighted by Gasteiger charge is 2.10. The largest absolute Gasteiger partial charge is 0.493 e. The Morgan fingerprint density at radius 1 is 0.840 bits per heavy atom. The first-order valence-electron chi connectivity index (χ1n) is 7.90. The van der Waals surface area contributed by atoms with Crippen LogP contribution in [0.2, 0.25) is 0 Å². The topological polar surface area (TPSA) is 76.7 Å². The monoisotopic (exact) mass is 342 g/mol. The molecule has 0 aliphatic rings. The maximum absolute atomic E-state index is 12.2. The minimum Gasteiger partial charge on any atom is -0.493 e. The van der Waals surface area contributed by atoms with Gasteiger partial charge in [-0.15, -0.1) is 0 Å². The Labute approximate surface area is 147 Å². The molecule has 0 aliphatic carbocycles. The van der Waals surface area contributed by atoms with Crippen molar-refractivity contribution < 1.29 is 19.1 Å². The van der Waals surface area contributed by atoms with E-state index < -0.39 is 0 Å². The second kappa shape index (κ2) is 8.73. The second-order valence-corrected chi connectivity index (χ2v) is 5.45. The van der Waals surface area contributed by atoms with E-state index in [9.17, 15) is 9.59 Å². The molecule has 2 rings (SSSR count). The third kappa shape index (κ3) is 4.97. The molecule has 0 fully saturated rings. The Bertz CT molecular complexity index is 759. The van der Waals surface area contributed by atoms with Crippen LogP contribution in [0.3, 0.4) is 0 Å². The molecule has 2 amide bonds. The fraction of sp³-hybridized carbons (Fsp3) is 0.263. The average molecular weight is 342 g/mol. The van der Waals surface area contributed by atoms with Gasteiger partial charge in [0, 0.05) is 24.2 Å². The number of carbonyl (C=O) groups is 2. The lowest BCUT2D eigenvalue weighted by atomic mass is 10.1. The summed E-state index contributed by atoms with van der Waals surface area (Å²) in [6, 6.07) is 12.3.